The average Bonchev–Trinajstić information content (AvgIpc) is 2.97. The number of fused-ring (bicyclic) bond motifs is 1. The Morgan fingerprint density at radius 3 is 3.12 bits per heavy atom. The van der Waals surface area contributed by atoms with E-state index in [0.29, 0.717) is 5.89 Å². The van der Waals surface area contributed by atoms with Crippen LogP contribution in [-0.4, -0.2) is 20.1 Å². The molecule has 90 valence electrons. The summed E-state index contributed by atoms with van der Waals surface area (Å²) in [7, 11) is 0. The lowest BCUT2D eigenvalue weighted by molar-refractivity contribution is 0.316. The summed E-state index contributed by atoms with van der Waals surface area (Å²) in [5.74, 6) is 1.70. The highest BCUT2D eigenvalue weighted by Gasteiger charge is 2.26. The molecule has 3 rings (SSSR count). The van der Waals surface area contributed by atoms with Crippen LogP contribution in [-0.2, 0) is 13.0 Å². The van der Waals surface area contributed by atoms with Crippen molar-refractivity contribution in [2.24, 2.45) is 0 Å². The maximum absolute atomic E-state index is 5.30. The van der Waals surface area contributed by atoms with Gasteiger partial charge in [-0.25, -0.2) is 4.98 Å². The van der Waals surface area contributed by atoms with Crippen molar-refractivity contribution < 1.29 is 4.52 Å². The van der Waals surface area contributed by atoms with Crippen molar-refractivity contribution in [3.05, 3.63) is 29.4 Å². The van der Waals surface area contributed by atoms with Crippen molar-refractivity contribution in [2.45, 2.75) is 38.8 Å². The van der Waals surface area contributed by atoms with E-state index in [4.69, 9.17) is 4.52 Å². The Balaban J connectivity index is 1.82. The molecule has 0 aromatic carbocycles. The maximum atomic E-state index is 5.30. The minimum absolute atomic E-state index is 0.0748. The Morgan fingerprint density at radius 1 is 1.47 bits per heavy atom. The third-order valence-corrected chi connectivity index (χ3v) is 3.00. The normalized spacial score (nSPS) is 19.6. The van der Waals surface area contributed by atoms with E-state index >= 15 is 0 Å². The predicted octanol–water partition coefficient (Wildman–Crippen LogP) is 1.30. The monoisotopic (exact) mass is 233 g/mol. The quantitative estimate of drug-likeness (QED) is 0.817. The molecule has 0 fully saturated rings. The van der Waals surface area contributed by atoms with Gasteiger partial charge in [-0.15, -0.1) is 0 Å². The first-order valence-corrected chi connectivity index (χ1v) is 5.82. The van der Waals surface area contributed by atoms with E-state index in [0.717, 1.165) is 30.2 Å². The highest BCUT2D eigenvalue weighted by molar-refractivity contribution is 5.17. The van der Waals surface area contributed by atoms with Crippen LogP contribution in [0.4, 0.5) is 0 Å². The van der Waals surface area contributed by atoms with E-state index in [-0.39, 0.29) is 12.0 Å². The fourth-order valence-corrected chi connectivity index (χ4v) is 1.97. The summed E-state index contributed by atoms with van der Waals surface area (Å²) >= 11 is 0. The third-order valence-electron chi connectivity index (χ3n) is 3.00. The molecular formula is C11H15N5O. The van der Waals surface area contributed by atoms with E-state index < -0.39 is 0 Å². The molecule has 2 N–H and O–H groups in total. The van der Waals surface area contributed by atoms with Crippen molar-refractivity contribution in [3.63, 3.8) is 0 Å². The zero-order valence-electron chi connectivity index (χ0n) is 9.90. The first-order valence-electron chi connectivity index (χ1n) is 5.82. The second-order valence-electron chi connectivity index (χ2n) is 4.61. The Hall–Kier alpha value is -1.69. The minimum atomic E-state index is 0.0748. The highest BCUT2D eigenvalue weighted by Crippen LogP contribution is 2.23. The van der Waals surface area contributed by atoms with Crippen LogP contribution in [0.1, 0.15) is 48.9 Å². The SMILES string of the molecule is CC(C)c1noc(C2Cc3nc[nH]c3CN2)n1. The van der Waals surface area contributed by atoms with E-state index in [9.17, 15) is 0 Å². The number of hydrogen-bond donors (Lipinski definition) is 2. The van der Waals surface area contributed by atoms with E-state index in [1.54, 1.807) is 6.33 Å². The Morgan fingerprint density at radius 2 is 2.35 bits per heavy atom. The summed E-state index contributed by atoms with van der Waals surface area (Å²) < 4.78 is 5.30. The van der Waals surface area contributed by atoms with Gasteiger partial charge in [0.15, 0.2) is 5.82 Å². The van der Waals surface area contributed by atoms with E-state index in [1.165, 1.54) is 0 Å². The second-order valence-corrected chi connectivity index (χ2v) is 4.61. The molecule has 0 saturated heterocycles. The summed E-state index contributed by atoms with van der Waals surface area (Å²) in [5, 5.41) is 7.34. The molecule has 1 aliphatic rings. The van der Waals surface area contributed by atoms with E-state index in [2.05, 4.69) is 39.3 Å². The molecule has 1 aliphatic heterocycles. The molecule has 2 aromatic rings. The van der Waals surface area contributed by atoms with Gasteiger partial charge >= 0.3 is 0 Å². The molecule has 1 unspecified atom stereocenters. The topological polar surface area (TPSA) is 79.6 Å². The van der Waals surface area contributed by atoms with Crippen LogP contribution < -0.4 is 5.32 Å². The molecular weight excluding hydrogens is 218 g/mol. The van der Waals surface area contributed by atoms with Crippen molar-refractivity contribution >= 4 is 0 Å². The van der Waals surface area contributed by atoms with Crippen LogP contribution in [0.25, 0.3) is 0 Å². The molecule has 1 atom stereocenters. The van der Waals surface area contributed by atoms with Gasteiger partial charge in [-0.05, 0) is 0 Å². The van der Waals surface area contributed by atoms with Gasteiger partial charge in [0.05, 0.1) is 23.8 Å². The van der Waals surface area contributed by atoms with Crippen LogP contribution in [0.15, 0.2) is 10.9 Å². The third kappa shape index (κ3) is 1.84. The van der Waals surface area contributed by atoms with Gasteiger partial charge in [0.25, 0.3) is 0 Å². The van der Waals surface area contributed by atoms with Gasteiger partial charge in [0.1, 0.15) is 0 Å². The first kappa shape index (κ1) is 10.5. The minimum Gasteiger partial charge on any atom is -0.347 e. The molecule has 2 aromatic heterocycles. The lowest BCUT2D eigenvalue weighted by atomic mass is 10.1. The van der Waals surface area contributed by atoms with Gasteiger partial charge in [-0.1, -0.05) is 19.0 Å². The molecule has 0 radical (unpaired) electrons. The Bertz CT molecular complexity index is 515. The lowest BCUT2D eigenvalue weighted by Crippen LogP contribution is -2.28. The zero-order chi connectivity index (χ0) is 11.8. The van der Waals surface area contributed by atoms with Gasteiger partial charge in [-0.3, -0.25) is 5.32 Å². The molecule has 0 saturated carbocycles. The van der Waals surface area contributed by atoms with E-state index in [1.807, 2.05) is 0 Å². The van der Waals surface area contributed by atoms with Crippen LogP contribution in [0.3, 0.4) is 0 Å². The first-order chi connectivity index (χ1) is 8.24. The van der Waals surface area contributed by atoms with Crippen molar-refractivity contribution in [3.8, 4) is 0 Å². The Labute approximate surface area is 98.8 Å². The second kappa shape index (κ2) is 3.96. The van der Waals surface area contributed by atoms with Gasteiger partial charge in [0, 0.05) is 18.9 Å². The van der Waals surface area contributed by atoms with Crippen LogP contribution in [0.5, 0.6) is 0 Å². The molecule has 17 heavy (non-hydrogen) atoms. The molecule has 0 amide bonds. The van der Waals surface area contributed by atoms with Crippen molar-refractivity contribution in [1.29, 1.82) is 0 Å². The fourth-order valence-electron chi connectivity index (χ4n) is 1.97. The Kier molecular flexibility index (Phi) is 2.44. The summed E-state index contributed by atoms with van der Waals surface area (Å²) in [6.45, 7) is 4.86. The standard InChI is InChI=1S/C11H15N5O/c1-6(2)10-15-11(17-16-10)8-3-7-9(4-12-8)14-5-13-7/h5-6,8,12H,3-4H2,1-2H3,(H,13,14). The zero-order valence-corrected chi connectivity index (χ0v) is 9.90. The average molecular weight is 233 g/mol. The van der Waals surface area contributed by atoms with Crippen LogP contribution in [0.2, 0.25) is 0 Å². The number of H-pyrrole nitrogens is 1. The van der Waals surface area contributed by atoms with Crippen LogP contribution >= 0.6 is 0 Å². The van der Waals surface area contributed by atoms with Crippen molar-refractivity contribution in [2.75, 3.05) is 0 Å². The molecule has 0 bridgehead atoms. The summed E-state index contributed by atoms with van der Waals surface area (Å²) in [4.78, 5) is 11.8. The number of aromatic amines is 1. The maximum Gasteiger partial charge on any atom is 0.244 e. The van der Waals surface area contributed by atoms with Gasteiger partial charge < -0.3 is 9.51 Å². The number of imidazole rings is 1. The largest absolute Gasteiger partial charge is 0.347 e. The number of aromatic nitrogens is 4. The smallest absolute Gasteiger partial charge is 0.244 e. The molecule has 6 nitrogen and oxygen atoms in total. The highest BCUT2D eigenvalue weighted by atomic mass is 16.5. The van der Waals surface area contributed by atoms with Crippen molar-refractivity contribution in [1.82, 2.24) is 25.4 Å². The number of nitrogens with zero attached hydrogens (tertiary/aromatic N) is 3. The summed E-state index contributed by atoms with van der Waals surface area (Å²) in [5.41, 5.74) is 2.22. The number of rotatable bonds is 2. The fraction of sp³-hybridized carbons (Fsp3) is 0.545. The lowest BCUT2D eigenvalue weighted by Gasteiger charge is -2.19. The van der Waals surface area contributed by atoms with Gasteiger partial charge in [-0.2, -0.15) is 4.98 Å². The predicted molar refractivity (Wildman–Crippen MR) is 60.3 cm³/mol. The number of hydrogen-bond acceptors (Lipinski definition) is 5. The molecule has 6 heteroatoms. The van der Waals surface area contributed by atoms with Crippen LogP contribution in [0, 0.1) is 0 Å². The summed E-state index contributed by atoms with van der Waals surface area (Å²) in [6.07, 6.45) is 2.51. The molecule has 3 heterocycles. The number of nitrogens with one attached hydrogen (secondary N) is 2. The summed E-state index contributed by atoms with van der Waals surface area (Å²) in [6, 6.07) is 0.0748. The van der Waals surface area contributed by atoms with Gasteiger partial charge in [0.2, 0.25) is 5.89 Å². The molecule has 0 spiro atoms. The molecule has 0 aliphatic carbocycles.